The molecule has 1 unspecified atom stereocenters. The number of para-hydroxylation sites is 1. The fourth-order valence-electron chi connectivity index (χ4n) is 7.41. The second kappa shape index (κ2) is 11.0. The molecule has 0 spiro atoms. The van der Waals surface area contributed by atoms with Crippen LogP contribution in [0.4, 0.5) is 0 Å². The lowest BCUT2D eigenvalue weighted by atomic mass is 9.92. The summed E-state index contributed by atoms with van der Waals surface area (Å²) in [4.78, 5) is 10.4. The van der Waals surface area contributed by atoms with Gasteiger partial charge in [0.2, 0.25) is 0 Å². The van der Waals surface area contributed by atoms with E-state index in [1.807, 2.05) is 18.2 Å². The molecular formula is C45H29N3O. The van der Waals surface area contributed by atoms with Crippen LogP contribution in [0.15, 0.2) is 178 Å². The number of furan rings is 1. The molecule has 1 aliphatic rings. The van der Waals surface area contributed by atoms with Gasteiger partial charge in [-0.25, -0.2) is 9.98 Å². The number of rotatable bonds is 4. The van der Waals surface area contributed by atoms with E-state index in [-0.39, 0.29) is 6.17 Å². The van der Waals surface area contributed by atoms with E-state index in [1.165, 1.54) is 21.5 Å². The average molecular weight is 628 g/mol. The van der Waals surface area contributed by atoms with Gasteiger partial charge in [0.25, 0.3) is 0 Å². The Bertz CT molecular complexity index is 2810. The summed E-state index contributed by atoms with van der Waals surface area (Å²) in [5, 5.41) is 13.1. The Hall–Kier alpha value is -6.52. The molecule has 0 radical (unpaired) electrons. The molecule has 0 aliphatic carbocycles. The van der Waals surface area contributed by atoms with Crippen LogP contribution < -0.4 is 5.32 Å². The molecule has 1 N–H and O–H groups in total. The second-order valence-electron chi connectivity index (χ2n) is 12.6. The van der Waals surface area contributed by atoms with Crippen molar-refractivity contribution < 1.29 is 4.42 Å². The third-order valence-corrected chi connectivity index (χ3v) is 9.73. The van der Waals surface area contributed by atoms with Gasteiger partial charge in [0.15, 0.2) is 5.84 Å². The number of fused-ring (bicyclic) bond motifs is 7. The normalized spacial score (nSPS) is 14.7. The van der Waals surface area contributed by atoms with E-state index in [9.17, 15) is 0 Å². The summed E-state index contributed by atoms with van der Waals surface area (Å²) in [5.41, 5.74) is 7.19. The smallest absolute Gasteiger partial charge is 0.159 e. The molecule has 230 valence electrons. The van der Waals surface area contributed by atoms with Crippen LogP contribution in [0.1, 0.15) is 22.9 Å². The summed E-state index contributed by atoms with van der Waals surface area (Å²) in [6.07, 6.45) is -0.291. The Labute approximate surface area is 282 Å². The van der Waals surface area contributed by atoms with E-state index >= 15 is 0 Å². The zero-order valence-electron chi connectivity index (χ0n) is 26.5. The van der Waals surface area contributed by atoms with E-state index in [0.29, 0.717) is 5.84 Å². The first-order valence-corrected chi connectivity index (χ1v) is 16.6. The molecule has 0 saturated heterocycles. The maximum Gasteiger partial charge on any atom is 0.159 e. The van der Waals surface area contributed by atoms with E-state index in [1.54, 1.807) is 0 Å². The van der Waals surface area contributed by atoms with Crippen LogP contribution in [0.5, 0.6) is 0 Å². The van der Waals surface area contributed by atoms with E-state index in [4.69, 9.17) is 14.4 Å². The average Bonchev–Trinajstić information content (AvgIpc) is 3.56. The number of nitrogens with zero attached hydrogens (tertiary/aromatic N) is 2. The highest BCUT2D eigenvalue weighted by molar-refractivity contribution is 6.21. The van der Waals surface area contributed by atoms with Crippen LogP contribution in [-0.2, 0) is 0 Å². The summed E-state index contributed by atoms with van der Waals surface area (Å²) >= 11 is 0. The van der Waals surface area contributed by atoms with Crippen molar-refractivity contribution in [3.05, 3.63) is 180 Å². The molecule has 0 amide bonds. The van der Waals surface area contributed by atoms with E-state index < -0.39 is 0 Å². The molecule has 10 rings (SSSR count). The van der Waals surface area contributed by atoms with Gasteiger partial charge in [-0.2, -0.15) is 0 Å². The minimum atomic E-state index is -0.291. The van der Waals surface area contributed by atoms with Gasteiger partial charge in [0.05, 0.1) is 0 Å². The van der Waals surface area contributed by atoms with Gasteiger partial charge in [-0.05, 0) is 67.2 Å². The molecule has 9 aromatic rings. The zero-order chi connectivity index (χ0) is 32.3. The maximum atomic E-state index is 6.26. The Morgan fingerprint density at radius 1 is 0.469 bits per heavy atom. The molecule has 0 fully saturated rings. The van der Waals surface area contributed by atoms with Crippen molar-refractivity contribution in [2.75, 3.05) is 0 Å². The first-order valence-electron chi connectivity index (χ1n) is 16.6. The predicted octanol–water partition coefficient (Wildman–Crippen LogP) is 11.2. The number of nitrogens with one attached hydrogen (secondary N) is 1. The highest BCUT2D eigenvalue weighted by Crippen LogP contribution is 2.40. The molecule has 8 aromatic carbocycles. The van der Waals surface area contributed by atoms with Crippen molar-refractivity contribution in [3.8, 4) is 11.1 Å². The van der Waals surface area contributed by atoms with Crippen molar-refractivity contribution in [2.45, 2.75) is 6.17 Å². The monoisotopic (exact) mass is 627 g/mol. The van der Waals surface area contributed by atoms with Gasteiger partial charge in [-0.15, -0.1) is 0 Å². The predicted molar refractivity (Wildman–Crippen MR) is 204 cm³/mol. The number of amidine groups is 2. The zero-order valence-corrected chi connectivity index (χ0v) is 26.5. The molecule has 4 heteroatoms. The Morgan fingerprint density at radius 2 is 1.14 bits per heavy atom. The number of aliphatic imine (C=N–C) groups is 2. The lowest BCUT2D eigenvalue weighted by Gasteiger charge is -2.25. The van der Waals surface area contributed by atoms with Crippen molar-refractivity contribution in [1.82, 2.24) is 5.32 Å². The van der Waals surface area contributed by atoms with Crippen LogP contribution in [0.25, 0.3) is 65.4 Å². The van der Waals surface area contributed by atoms with Gasteiger partial charge in [-0.1, -0.05) is 146 Å². The van der Waals surface area contributed by atoms with Gasteiger partial charge in [-0.3, -0.25) is 0 Å². The lowest BCUT2D eigenvalue weighted by molar-refractivity contribution is 0.669. The number of hydrogen-bond donors (Lipinski definition) is 1. The summed E-state index contributed by atoms with van der Waals surface area (Å²) in [6.45, 7) is 0. The van der Waals surface area contributed by atoms with Gasteiger partial charge >= 0.3 is 0 Å². The van der Waals surface area contributed by atoms with Crippen molar-refractivity contribution in [1.29, 1.82) is 0 Å². The quantitative estimate of drug-likeness (QED) is 0.197. The fourth-order valence-corrected chi connectivity index (χ4v) is 7.41. The fraction of sp³-hybridized carbons (Fsp3) is 0.0222. The highest BCUT2D eigenvalue weighted by Gasteiger charge is 2.23. The van der Waals surface area contributed by atoms with E-state index in [0.717, 1.165) is 66.4 Å². The number of benzene rings is 8. The Balaban J connectivity index is 1.15. The molecular weight excluding hydrogens is 599 g/mol. The summed E-state index contributed by atoms with van der Waals surface area (Å²) in [6, 6.07) is 57.5. The molecule has 0 saturated carbocycles. The first-order chi connectivity index (χ1) is 24.3. The molecule has 49 heavy (non-hydrogen) atoms. The summed E-state index contributed by atoms with van der Waals surface area (Å²) < 4.78 is 6.26. The topological polar surface area (TPSA) is 49.9 Å². The molecule has 2 heterocycles. The lowest BCUT2D eigenvalue weighted by Crippen LogP contribution is -2.33. The van der Waals surface area contributed by atoms with Crippen LogP contribution in [0, 0.1) is 0 Å². The number of hydrogen-bond acceptors (Lipinski definition) is 4. The van der Waals surface area contributed by atoms with Crippen LogP contribution in [0.2, 0.25) is 0 Å². The Morgan fingerprint density at radius 3 is 2.02 bits per heavy atom. The Kier molecular flexibility index (Phi) is 6.21. The third-order valence-electron chi connectivity index (χ3n) is 9.73. The van der Waals surface area contributed by atoms with E-state index in [2.05, 4.69) is 151 Å². The maximum absolute atomic E-state index is 6.26. The molecule has 4 nitrogen and oxygen atoms in total. The standard InChI is InChI=1S/C45H29N3O/c1-2-12-29(13-3-1)43-46-44(31-23-24-33-30(27-31)22-21-28-11-4-5-14-32(28)33)48-45(47-43)38-26-25-36(34-15-6-7-16-35(34)38)37-18-10-20-41-42(37)39-17-8-9-19-40(39)49-41/h1-27,43H,(H,46,47,48). The first kappa shape index (κ1) is 27.6. The minimum Gasteiger partial charge on any atom is -0.456 e. The van der Waals surface area contributed by atoms with Crippen molar-refractivity contribution in [3.63, 3.8) is 0 Å². The van der Waals surface area contributed by atoms with Gasteiger partial charge in [0.1, 0.15) is 23.2 Å². The molecule has 1 aliphatic heterocycles. The van der Waals surface area contributed by atoms with Crippen LogP contribution in [0.3, 0.4) is 0 Å². The molecule has 0 bridgehead atoms. The third kappa shape index (κ3) is 4.53. The largest absolute Gasteiger partial charge is 0.456 e. The summed E-state index contributed by atoms with van der Waals surface area (Å²) in [7, 11) is 0. The summed E-state index contributed by atoms with van der Waals surface area (Å²) in [5.74, 6) is 1.51. The van der Waals surface area contributed by atoms with Gasteiger partial charge < -0.3 is 9.73 Å². The molecule has 1 atom stereocenters. The minimum absolute atomic E-state index is 0.291. The highest BCUT2D eigenvalue weighted by atomic mass is 16.3. The van der Waals surface area contributed by atoms with Crippen molar-refractivity contribution >= 4 is 65.9 Å². The van der Waals surface area contributed by atoms with Crippen molar-refractivity contribution in [2.24, 2.45) is 9.98 Å². The van der Waals surface area contributed by atoms with Crippen LogP contribution >= 0.6 is 0 Å². The van der Waals surface area contributed by atoms with Gasteiger partial charge in [0, 0.05) is 21.9 Å². The van der Waals surface area contributed by atoms with Crippen LogP contribution in [-0.4, -0.2) is 11.7 Å². The SMILES string of the molecule is c1ccc(C2N=C(c3ccc4c(ccc5ccccc54)c3)N=C(c3ccc(-c4cccc5oc6ccccc6c45)c4ccccc34)N2)cc1. The molecule has 1 aromatic heterocycles. The second-order valence-corrected chi connectivity index (χ2v) is 12.6.